The fraction of sp³-hybridized carbons (Fsp3) is 0.368. The second-order valence-corrected chi connectivity index (χ2v) is 8.52. The maximum atomic E-state index is 12.2. The molecule has 0 aromatic heterocycles. The second-order valence-electron chi connectivity index (χ2n) is 6.32. The lowest BCUT2D eigenvalue weighted by Crippen LogP contribution is -2.29. The molecule has 0 saturated carbocycles. The van der Waals surface area contributed by atoms with E-state index in [1.54, 1.807) is 12.1 Å². The lowest BCUT2D eigenvalue weighted by Gasteiger charge is -2.28. The molecule has 0 radical (unpaired) electrons. The molecule has 0 aliphatic carbocycles. The Kier molecular flexibility index (Phi) is 5.99. The first-order chi connectivity index (χ1) is 12.0. The number of benzene rings is 2. The number of nitrogens with one attached hydrogen (secondary N) is 1. The van der Waals surface area contributed by atoms with Gasteiger partial charge >= 0.3 is 0 Å². The van der Waals surface area contributed by atoms with Crippen LogP contribution in [0, 0.1) is 0 Å². The van der Waals surface area contributed by atoms with Crippen molar-refractivity contribution in [1.29, 1.82) is 0 Å². The van der Waals surface area contributed by atoms with Gasteiger partial charge in [-0.05, 0) is 67.6 Å². The van der Waals surface area contributed by atoms with Crippen molar-refractivity contribution in [1.82, 2.24) is 4.72 Å². The first-order valence-corrected chi connectivity index (χ1v) is 10.5. The molecular weight excluding hydrogens is 356 g/mol. The number of rotatable bonds is 6. The van der Waals surface area contributed by atoms with Gasteiger partial charge in [-0.25, -0.2) is 13.1 Å². The molecule has 1 N–H and O–H groups in total. The van der Waals surface area contributed by atoms with Crippen LogP contribution in [-0.4, -0.2) is 28.1 Å². The van der Waals surface area contributed by atoms with Crippen LogP contribution in [0.15, 0.2) is 53.4 Å². The maximum Gasteiger partial charge on any atom is 0.240 e. The van der Waals surface area contributed by atoms with Gasteiger partial charge in [0, 0.05) is 30.3 Å². The highest BCUT2D eigenvalue weighted by Crippen LogP contribution is 2.20. The molecule has 2 aromatic rings. The monoisotopic (exact) mass is 378 g/mol. The Hall–Kier alpha value is -1.56. The molecule has 3 rings (SSSR count). The van der Waals surface area contributed by atoms with Crippen LogP contribution in [0.2, 0.25) is 5.02 Å². The summed E-state index contributed by atoms with van der Waals surface area (Å²) >= 11 is 5.80. The molecule has 1 fully saturated rings. The lowest BCUT2D eigenvalue weighted by atomic mass is 10.1. The van der Waals surface area contributed by atoms with Gasteiger partial charge in [0.15, 0.2) is 0 Å². The highest BCUT2D eigenvalue weighted by atomic mass is 35.5. The average Bonchev–Trinajstić information content (AvgIpc) is 2.63. The summed E-state index contributed by atoms with van der Waals surface area (Å²) in [6.07, 6.45) is 4.50. The Morgan fingerprint density at radius 2 is 1.56 bits per heavy atom. The van der Waals surface area contributed by atoms with Crippen LogP contribution in [0.3, 0.4) is 0 Å². The smallest absolute Gasteiger partial charge is 0.240 e. The zero-order valence-corrected chi connectivity index (χ0v) is 15.7. The van der Waals surface area contributed by atoms with Crippen molar-refractivity contribution in [3.05, 3.63) is 59.1 Å². The summed E-state index contributed by atoms with van der Waals surface area (Å²) in [5.74, 6) is 0. The summed E-state index contributed by atoms with van der Waals surface area (Å²) in [5, 5.41) is 0.521. The minimum atomic E-state index is -3.49. The lowest BCUT2D eigenvalue weighted by molar-refractivity contribution is 0.577. The Morgan fingerprint density at radius 3 is 2.20 bits per heavy atom. The van der Waals surface area contributed by atoms with Gasteiger partial charge < -0.3 is 4.90 Å². The van der Waals surface area contributed by atoms with Crippen molar-refractivity contribution in [3.8, 4) is 0 Å². The van der Waals surface area contributed by atoms with E-state index in [0.29, 0.717) is 18.0 Å². The van der Waals surface area contributed by atoms with Gasteiger partial charge in [-0.1, -0.05) is 23.7 Å². The van der Waals surface area contributed by atoms with E-state index in [-0.39, 0.29) is 4.90 Å². The van der Waals surface area contributed by atoms with Crippen molar-refractivity contribution in [2.45, 2.75) is 30.6 Å². The van der Waals surface area contributed by atoms with Crippen LogP contribution in [0.4, 0.5) is 5.69 Å². The van der Waals surface area contributed by atoms with Gasteiger partial charge in [0.05, 0.1) is 4.90 Å². The summed E-state index contributed by atoms with van der Waals surface area (Å²) in [6.45, 7) is 2.62. The number of nitrogens with zero attached hydrogens (tertiary/aromatic N) is 1. The molecule has 2 aromatic carbocycles. The van der Waals surface area contributed by atoms with Gasteiger partial charge in [-0.3, -0.25) is 0 Å². The molecule has 25 heavy (non-hydrogen) atoms. The summed E-state index contributed by atoms with van der Waals surface area (Å²) in [6, 6.07) is 14.6. The molecular formula is C19H23ClN2O2S. The molecule has 4 nitrogen and oxygen atoms in total. The number of hydrogen-bond acceptors (Lipinski definition) is 3. The number of anilines is 1. The zero-order chi connectivity index (χ0) is 17.7. The van der Waals surface area contributed by atoms with Crippen molar-refractivity contribution in [3.63, 3.8) is 0 Å². The van der Waals surface area contributed by atoms with E-state index in [0.717, 1.165) is 18.7 Å². The highest BCUT2D eigenvalue weighted by molar-refractivity contribution is 7.89. The summed E-state index contributed by atoms with van der Waals surface area (Å²) in [7, 11) is -3.49. The van der Waals surface area contributed by atoms with Crippen molar-refractivity contribution in [2.75, 3.05) is 24.5 Å². The van der Waals surface area contributed by atoms with Crippen molar-refractivity contribution in [2.24, 2.45) is 0 Å². The minimum absolute atomic E-state index is 0.234. The Labute approximate surface area is 154 Å². The maximum absolute atomic E-state index is 12.2. The Morgan fingerprint density at radius 1 is 0.920 bits per heavy atom. The Balaban J connectivity index is 1.54. The van der Waals surface area contributed by atoms with E-state index in [9.17, 15) is 8.42 Å². The van der Waals surface area contributed by atoms with Gasteiger partial charge in [0.2, 0.25) is 10.0 Å². The topological polar surface area (TPSA) is 49.4 Å². The van der Waals surface area contributed by atoms with E-state index in [2.05, 4.69) is 33.9 Å². The number of piperidine rings is 1. The van der Waals surface area contributed by atoms with Gasteiger partial charge in [0.25, 0.3) is 0 Å². The summed E-state index contributed by atoms with van der Waals surface area (Å²) in [4.78, 5) is 2.65. The first-order valence-electron chi connectivity index (χ1n) is 8.64. The molecule has 0 atom stereocenters. The quantitative estimate of drug-likeness (QED) is 0.830. The average molecular weight is 379 g/mol. The minimum Gasteiger partial charge on any atom is -0.372 e. The zero-order valence-electron chi connectivity index (χ0n) is 14.1. The number of sulfonamides is 1. The highest BCUT2D eigenvalue weighted by Gasteiger charge is 2.13. The number of hydrogen-bond donors (Lipinski definition) is 1. The van der Waals surface area contributed by atoms with E-state index in [1.165, 1.54) is 37.1 Å². The molecule has 0 bridgehead atoms. The van der Waals surface area contributed by atoms with E-state index in [1.807, 2.05) is 0 Å². The van der Waals surface area contributed by atoms with Crippen molar-refractivity contribution < 1.29 is 8.42 Å². The molecule has 0 amide bonds. The largest absolute Gasteiger partial charge is 0.372 e. The molecule has 1 aliphatic heterocycles. The predicted octanol–water partition coefficient (Wildman–Crippen LogP) is 3.85. The van der Waals surface area contributed by atoms with Crippen LogP contribution in [0.1, 0.15) is 24.8 Å². The third-order valence-electron chi connectivity index (χ3n) is 4.49. The molecule has 6 heteroatoms. The van der Waals surface area contributed by atoms with Crippen LogP contribution in [0.25, 0.3) is 0 Å². The fourth-order valence-corrected chi connectivity index (χ4v) is 4.21. The van der Waals surface area contributed by atoms with E-state index >= 15 is 0 Å². The summed E-state index contributed by atoms with van der Waals surface area (Å²) < 4.78 is 27.1. The van der Waals surface area contributed by atoms with Crippen LogP contribution in [0.5, 0.6) is 0 Å². The van der Waals surface area contributed by atoms with Crippen LogP contribution >= 0.6 is 11.6 Å². The Bertz CT molecular complexity index is 783. The van der Waals surface area contributed by atoms with E-state index < -0.39 is 10.0 Å². The third-order valence-corrected chi connectivity index (χ3v) is 6.22. The van der Waals surface area contributed by atoms with Gasteiger partial charge in [-0.2, -0.15) is 0 Å². The molecule has 134 valence electrons. The molecule has 1 saturated heterocycles. The SMILES string of the molecule is O=S(=O)(NCCc1ccc(N2CCCCC2)cc1)c1ccc(Cl)cc1. The molecule has 1 heterocycles. The first kappa shape index (κ1) is 18.2. The van der Waals surface area contributed by atoms with E-state index in [4.69, 9.17) is 11.6 Å². The van der Waals surface area contributed by atoms with Crippen LogP contribution in [-0.2, 0) is 16.4 Å². The second kappa shape index (κ2) is 8.21. The third kappa shape index (κ3) is 4.97. The molecule has 1 aliphatic rings. The fourth-order valence-electron chi connectivity index (χ4n) is 3.05. The normalized spacial score (nSPS) is 15.3. The standard InChI is InChI=1S/C19H23ClN2O2S/c20-17-6-10-19(11-7-17)25(23,24)21-13-12-16-4-8-18(9-5-16)22-14-2-1-3-15-22/h4-11,21H,1-3,12-15H2. The van der Waals surface area contributed by atoms with Gasteiger partial charge in [-0.15, -0.1) is 0 Å². The van der Waals surface area contributed by atoms with Crippen LogP contribution < -0.4 is 9.62 Å². The van der Waals surface area contributed by atoms with Crippen molar-refractivity contribution >= 4 is 27.3 Å². The molecule has 0 spiro atoms. The van der Waals surface area contributed by atoms with Gasteiger partial charge in [0.1, 0.15) is 0 Å². The molecule has 0 unspecified atom stereocenters. The predicted molar refractivity (Wildman–Crippen MR) is 103 cm³/mol. The number of halogens is 1. The summed E-state index contributed by atoms with van der Waals surface area (Å²) in [5.41, 5.74) is 2.38.